The van der Waals surface area contributed by atoms with Gasteiger partial charge >= 0.3 is 0 Å². The van der Waals surface area contributed by atoms with Gasteiger partial charge in [0.2, 0.25) is 0 Å². The molecule has 5 heteroatoms. The number of rotatable bonds is 2. The molecule has 1 aliphatic carbocycles. The van der Waals surface area contributed by atoms with E-state index in [1.54, 1.807) is 6.07 Å². The summed E-state index contributed by atoms with van der Waals surface area (Å²) >= 11 is 11.8. The molecule has 1 saturated carbocycles. The van der Waals surface area contributed by atoms with E-state index in [9.17, 15) is 0 Å². The molecule has 0 spiro atoms. The van der Waals surface area contributed by atoms with Crippen molar-refractivity contribution in [1.29, 1.82) is 0 Å². The lowest BCUT2D eigenvalue weighted by atomic mass is 9.80. The molecule has 0 saturated heterocycles. The fraction of sp³-hybridized carbons (Fsp3) is 0.667. The van der Waals surface area contributed by atoms with Crippen molar-refractivity contribution >= 4 is 28.9 Å². The van der Waals surface area contributed by atoms with Crippen molar-refractivity contribution in [3.63, 3.8) is 0 Å². The fourth-order valence-corrected chi connectivity index (χ4v) is 3.03. The molecule has 1 heterocycles. The van der Waals surface area contributed by atoms with E-state index in [-0.39, 0.29) is 0 Å². The summed E-state index contributed by atoms with van der Waals surface area (Å²) in [6, 6.07) is 2.19. The average molecular weight is 274 g/mol. The van der Waals surface area contributed by atoms with Gasteiger partial charge in [0.1, 0.15) is 0 Å². The van der Waals surface area contributed by atoms with Gasteiger partial charge in [-0.15, -0.1) is 10.2 Å². The van der Waals surface area contributed by atoms with E-state index >= 15 is 0 Å². The minimum absolute atomic E-state index is 0.369. The smallest absolute Gasteiger partial charge is 0.174 e. The lowest BCUT2D eigenvalue weighted by Crippen LogP contribution is -2.30. The van der Waals surface area contributed by atoms with Gasteiger partial charge in [0.05, 0.1) is 5.69 Å². The normalized spacial score (nSPS) is 29.1. The van der Waals surface area contributed by atoms with Gasteiger partial charge < -0.3 is 5.32 Å². The quantitative estimate of drug-likeness (QED) is 0.885. The first-order valence-corrected chi connectivity index (χ1v) is 6.75. The van der Waals surface area contributed by atoms with Crippen LogP contribution in [0.5, 0.6) is 0 Å². The molecular weight excluding hydrogens is 257 g/mol. The fourth-order valence-electron chi connectivity index (χ4n) is 2.74. The largest absolute Gasteiger partial charge is 0.380 e. The van der Waals surface area contributed by atoms with Crippen molar-refractivity contribution in [2.45, 2.75) is 39.2 Å². The Morgan fingerprint density at radius 2 is 1.76 bits per heavy atom. The predicted octanol–water partition coefficient (Wildman–Crippen LogP) is 4.02. The Labute approximate surface area is 112 Å². The third kappa shape index (κ3) is 3.46. The van der Waals surface area contributed by atoms with Crippen molar-refractivity contribution < 1.29 is 0 Å². The van der Waals surface area contributed by atoms with E-state index in [0.717, 1.165) is 17.5 Å². The first kappa shape index (κ1) is 12.9. The molecule has 0 amide bonds. The molecule has 1 N–H and O–H groups in total. The zero-order chi connectivity index (χ0) is 12.4. The zero-order valence-corrected chi connectivity index (χ0v) is 11.6. The Hall–Kier alpha value is -0.540. The summed E-state index contributed by atoms with van der Waals surface area (Å²) in [6.45, 7) is 4.59. The van der Waals surface area contributed by atoms with Gasteiger partial charge in [-0.25, -0.2) is 0 Å². The SMILES string of the molecule is CC1CC(C)CC(Nc2cc(Cl)nnc2Cl)C1. The van der Waals surface area contributed by atoms with Crippen LogP contribution in [0.4, 0.5) is 5.69 Å². The van der Waals surface area contributed by atoms with Gasteiger partial charge in [0, 0.05) is 12.1 Å². The van der Waals surface area contributed by atoms with Crippen LogP contribution in [-0.2, 0) is 0 Å². The van der Waals surface area contributed by atoms with Crippen LogP contribution >= 0.6 is 23.2 Å². The highest BCUT2D eigenvalue weighted by Gasteiger charge is 2.24. The van der Waals surface area contributed by atoms with Crippen molar-refractivity contribution in [2.24, 2.45) is 11.8 Å². The van der Waals surface area contributed by atoms with Crippen LogP contribution in [0.2, 0.25) is 10.3 Å². The van der Waals surface area contributed by atoms with E-state index in [0.29, 0.717) is 16.3 Å². The Morgan fingerprint density at radius 3 is 2.41 bits per heavy atom. The summed E-state index contributed by atoms with van der Waals surface area (Å²) in [6.07, 6.45) is 3.64. The van der Waals surface area contributed by atoms with Crippen LogP contribution < -0.4 is 5.32 Å². The van der Waals surface area contributed by atoms with Gasteiger partial charge in [0.25, 0.3) is 0 Å². The van der Waals surface area contributed by atoms with Crippen LogP contribution in [0.25, 0.3) is 0 Å². The first-order chi connectivity index (χ1) is 8.04. The average Bonchev–Trinajstić information content (AvgIpc) is 2.22. The third-order valence-electron chi connectivity index (χ3n) is 3.26. The minimum atomic E-state index is 0.369. The lowest BCUT2D eigenvalue weighted by Gasteiger charge is -2.32. The molecular formula is C12H17Cl2N3. The molecule has 0 aromatic carbocycles. The summed E-state index contributed by atoms with van der Waals surface area (Å²) in [7, 11) is 0. The van der Waals surface area contributed by atoms with Gasteiger partial charge in [0.15, 0.2) is 10.3 Å². The summed E-state index contributed by atoms with van der Waals surface area (Å²) in [5, 5.41) is 11.7. The van der Waals surface area contributed by atoms with Gasteiger partial charge in [-0.2, -0.15) is 0 Å². The van der Waals surface area contributed by atoms with Crippen LogP contribution in [0, 0.1) is 11.8 Å². The van der Waals surface area contributed by atoms with Gasteiger partial charge in [-0.05, 0) is 31.1 Å². The number of aromatic nitrogens is 2. The van der Waals surface area contributed by atoms with E-state index < -0.39 is 0 Å². The second-order valence-corrected chi connectivity index (χ2v) is 5.88. The van der Waals surface area contributed by atoms with Crippen molar-refractivity contribution in [3.05, 3.63) is 16.4 Å². The monoisotopic (exact) mass is 273 g/mol. The molecule has 2 unspecified atom stereocenters. The summed E-state index contributed by atoms with van der Waals surface area (Å²) in [5.74, 6) is 1.50. The molecule has 1 aliphatic rings. The molecule has 17 heavy (non-hydrogen) atoms. The third-order valence-corrected chi connectivity index (χ3v) is 3.72. The van der Waals surface area contributed by atoms with E-state index in [4.69, 9.17) is 23.2 Å². The topological polar surface area (TPSA) is 37.8 Å². The van der Waals surface area contributed by atoms with Crippen LogP contribution in [-0.4, -0.2) is 16.2 Å². The lowest BCUT2D eigenvalue weighted by molar-refractivity contribution is 0.281. The highest BCUT2D eigenvalue weighted by atomic mass is 35.5. The van der Waals surface area contributed by atoms with Crippen LogP contribution in [0.15, 0.2) is 6.07 Å². The van der Waals surface area contributed by atoms with Crippen molar-refractivity contribution in [3.8, 4) is 0 Å². The Kier molecular flexibility index (Phi) is 4.10. The predicted molar refractivity (Wildman–Crippen MR) is 71.6 cm³/mol. The van der Waals surface area contributed by atoms with Crippen molar-refractivity contribution in [2.75, 3.05) is 5.32 Å². The Balaban J connectivity index is 2.07. The second kappa shape index (κ2) is 5.40. The number of nitrogens with zero attached hydrogens (tertiary/aromatic N) is 2. The van der Waals surface area contributed by atoms with Gasteiger partial charge in [-0.3, -0.25) is 0 Å². The molecule has 0 radical (unpaired) electrons. The number of nitrogens with one attached hydrogen (secondary N) is 1. The molecule has 0 bridgehead atoms. The Morgan fingerprint density at radius 1 is 1.12 bits per heavy atom. The van der Waals surface area contributed by atoms with Crippen molar-refractivity contribution in [1.82, 2.24) is 10.2 Å². The number of anilines is 1. The minimum Gasteiger partial charge on any atom is -0.380 e. The van der Waals surface area contributed by atoms with E-state index in [1.807, 2.05) is 0 Å². The molecule has 1 fully saturated rings. The van der Waals surface area contributed by atoms with Crippen LogP contribution in [0.1, 0.15) is 33.1 Å². The first-order valence-electron chi connectivity index (χ1n) is 6.00. The molecule has 2 atom stereocenters. The highest BCUT2D eigenvalue weighted by Crippen LogP contribution is 2.32. The number of hydrogen-bond acceptors (Lipinski definition) is 3. The summed E-state index contributed by atoms with van der Waals surface area (Å²) < 4.78 is 0. The maximum atomic E-state index is 5.99. The molecule has 1 aromatic heterocycles. The maximum Gasteiger partial charge on any atom is 0.174 e. The Bertz CT molecular complexity index is 387. The van der Waals surface area contributed by atoms with E-state index in [2.05, 4.69) is 29.4 Å². The highest BCUT2D eigenvalue weighted by molar-refractivity contribution is 6.33. The standard InChI is InChI=1S/C12H17Cl2N3/c1-7-3-8(2)5-9(4-7)15-10-6-11(13)16-17-12(10)14/h6-9H,3-5H2,1-2H3,(H,15,16). The maximum absolute atomic E-state index is 5.99. The molecule has 2 rings (SSSR count). The van der Waals surface area contributed by atoms with Gasteiger partial charge in [-0.1, -0.05) is 37.0 Å². The zero-order valence-electron chi connectivity index (χ0n) is 10.1. The van der Waals surface area contributed by atoms with Crippen LogP contribution in [0.3, 0.4) is 0 Å². The number of halogens is 2. The summed E-state index contributed by atoms with van der Waals surface area (Å²) in [5.41, 5.74) is 0.790. The molecule has 0 aliphatic heterocycles. The second-order valence-electron chi connectivity index (χ2n) is 5.13. The molecule has 94 valence electrons. The summed E-state index contributed by atoms with van der Waals surface area (Å²) in [4.78, 5) is 0. The van der Waals surface area contributed by atoms with E-state index in [1.165, 1.54) is 19.3 Å². The molecule has 3 nitrogen and oxygen atoms in total. The number of hydrogen-bond donors (Lipinski definition) is 1. The molecule has 1 aromatic rings.